The van der Waals surface area contributed by atoms with E-state index in [1.54, 1.807) is 42.3 Å². The summed E-state index contributed by atoms with van der Waals surface area (Å²) in [5, 5.41) is 0.402. The van der Waals surface area contributed by atoms with E-state index in [4.69, 9.17) is 16.3 Å². The number of amides is 2. The molecular weight excluding hydrogens is 314 g/mol. The number of pyridine rings is 1. The van der Waals surface area contributed by atoms with Gasteiger partial charge in [-0.05, 0) is 23.8 Å². The lowest BCUT2D eigenvalue weighted by atomic mass is 10.0. The zero-order chi connectivity index (χ0) is 16.6. The monoisotopic (exact) mass is 331 g/mol. The normalized spacial score (nSPS) is 16.2. The van der Waals surface area contributed by atoms with E-state index >= 15 is 0 Å². The first kappa shape index (κ1) is 15.6. The molecule has 1 aliphatic heterocycles. The molecule has 2 aromatic rings. The number of halogens is 1. The van der Waals surface area contributed by atoms with Crippen molar-refractivity contribution < 1.29 is 9.53 Å². The molecule has 1 unspecified atom stereocenters. The minimum Gasteiger partial charge on any atom is -0.497 e. The van der Waals surface area contributed by atoms with Gasteiger partial charge in [0, 0.05) is 25.6 Å². The van der Waals surface area contributed by atoms with Crippen molar-refractivity contribution in [2.45, 2.75) is 12.8 Å². The molecule has 1 aromatic heterocycles. The predicted molar refractivity (Wildman–Crippen MR) is 91.8 cm³/mol. The van der Waals surface area contributed by atoms with Crippen LogP contribution in [0.2, 0.25) is 5.15 Å². The first-order chi connectivity index (χ1) is 11.0. The van der Waals surface area contributed by atoms with E-state index in [0.29, 0.717) is 17.4 Å². The number of ether oxygens (including phenoxy) is 1. The highest BCUT2D eigenvalue weighted by Crippen LogP contribution is 2.39. The van der Waals surface area contributed by atoms with Gasteiger partial charge in [0.25, 0.3) is 0 Å². The molecule has 0 bridgehead atoms. The molecule has 2 heterocycles. The minimum absolute atomic E-state index is 0.104. The van der Waals surface area contributed by atoms with Crippen LogP contribution in [0.5, 0.6) is 5.75 Å². The van der Waals surface area contributed by atoms with Crippen molar-refractivity contribution >= 4 is 29.0 Å². The molecule has 2 amide bonds. The molecule has 1 atom stereocenters. The number of hydrogen-bond acceptors (Lipinski definition) is 3. The molecule has 3 rings (SSSR count). The van der Waals surface area contributed by atoms with Gasteiger partial charge in [0.2, 0.25) is 0 Å². The standard InChI is InChI=1S/C17H18ClN3O2/c1-11-10-21(15-8-13(23-3)5-6-14(11)15)17(22)20(2)12-4-7-16(18)19-9-12/h4-9,11H,10H2,1-3H3. The Bertz CT molecular complexity index is 733. The summed E-state index contributed by atoms with van der Waals surface area (Å²) in [5.41, 5.74) is 2.75. The Kier molecular flexibility index (Phi) is 4.13. The summed E-state index contributed by atoms with van der Waals surface area (Å²) >= 11 is 5.80. The number of hydrogen-bond donors (Lipinski definition) is 0. The fourth-order valence-corrected chi connectivity index (χ4v) is 2.92. The van der Waals surface area contributed by atoms with Crippen LogP contribution in [0, 0.1) is 0 Å². The van der Waals surface area contributed by atoms with Crippen molar-refractivity contribution in [3.63, 3.8) is 0 Å². The molecular formula is C17H18ClN3O2. The maximum absolute atomic E-state index is 12.9. The summed E-state index contributed by atoms with van der Waals surface area (Å²) in [6, 6.07) is 9.20. The summed E-state index contributed by atoms with van der Waals surface area (Å²) < 4.78 is 5.28. The summed E-state index contributed by atoms with van der Waals surface area (Å²) in [4.78, 5) is 20.3. The van der Waals surface area contributed by atoms with Crippen molar-refractivity contribution in [2.75, 3.05) is 30.5 Å². The Hall–Kier alpha value is -2.27. The van der Waals surface area contributed by atoms with Crippen LogP contribution in [-0.2, 0) is 0 Å². The van der Waals surface area contributed by atoms with Crippen LogP contribution in [0.25, 0.3) is 0 Å². The molecule has 0 radical (unpaired) electrons. The van der Waals surface area contributed by atoms with Gasteiger partial charge in [-0.3, -0.25) is 9.80 Å². The van der Waals surface area contributed by atoms with Crippen molar-refractivity contribution in [3.8, 4) is 5.75 Å². The van der Waals surface area contributed by atoms with Crippen LogP contribution < -0.4 is 14.5 Å². The van der Waals surface area contributed by atoms with E-state index in [1.807, 2.05) is 18.2 Å². The van der Waals surface area contributed by atoms with Crippen molar-refractivity contribution in [1.29, 1.82) is 0 Å². The average molecular weight is 332 g/mol. The zero-order valence-electron chi connectivity index (χ0n) is 13.3. The number of benzene rings is 1. The highest BCUT2D eigenvalue weighted by molar-refractivity contribution is 6.29. The van der Waals surface area contributed by atoms with Crippen LogP contribution in [0.1, 0.15) is 18.4 Å². The molecule has 6 heteroatoms. The van der Waals surface area contributed by atoms with E-state index in [2.05, 4.69) is 11.9 Å². The average Bonchev–Trinajstić information content (AvgIpc) is 2.90. The molecule has 1 aromatic carbocycles. The Morgan fingerprint density at radius 1 is 1.39 bits per heavy atom. The number of methoxy groups -OCH3 is 1. The number of rotatable bonds is 2. The fraction of sp³-hybridized carbons (Fsp3) is 0.294. The molecule has 120 valence electrons. The zero-order valence-corrected chi connectivity index (χ0v) is 14.0. The second-order valence-corrected chi connectivity index (χ2v) is 6.00. The topological polar surface area (TPSA) is 45.7 Å². The number of nitrogens with zero attached hydrogens (tertiary/aromatic N) is 3. The predicted octanol–water partition coefficient (Wildman–Crippen LogP) is 3.92. The molecule has 0 saturated carbocycles. The van der Waals surface area contributed by atoms with E-state index < -0.39 is 0 Å². The number of aromatic nitrogens is 1. The summed E-state index contributed by atoms with van der Waals surface area (Å²) in [7, 11) is 3.36. The van der Waals surface area contributed by atoms with E-state index in [1.165, 1.54) is 0 Å². The van der Waals surface area contributed by atoms with E-state index in [-0.39, 0.29) is 11.9 Å². The van der Waals surface area contributed by atoms with Gasteiger partial charge < -0.3 is 4.74 Å². The van der Waals surface area contributed by atoms with Gasteiger partial charge in [0.15, 0.2) is 0 Å². The Labute approximate surface area is 140 Å². The van der Waals surface area contributed by atoms with Crippen molar-refractivity contribution in [1.82, 2.24) is 4.98 Å². The molecule has 0 saturated heterocycles. The lowest BCUT2D eigenvalue weighted by Crippen LogP contribution is -2.40. The second-order valence-electron chi connectivity index (χ2n) is 5.62. The number of carbonyl (C=O) groups is 1. The van der Waals surface area contributed by atoms with Gasteiger partial charge in [0.1, 0.15) is 10.9 Å². The molecule has 0 aliphatic carbocycles. The molecule has 1 aliphatic rings. The molecule has 23 heavy (non-hydrogen) atoms. The van der Waals surface area contributed by atoms with Gasteiger partial charge in [0.05, 0.1) is 24.7 Å². The van der Waals surface area contributed by atoms with Gasteiger partial charge in [-0.15, -0.1) is 0 Å². The summed E-state index contributed by atoms with van der Waals surface area (Å²) in [5.74, 6) is 1.03. The van der Waals surface area contributed by atoms with Gasteiger partial charge in [-0.1, -0.05) is 24.6 Å². The third kappa shape index (κ3) is 2.84. The quantitative estimate of drug-likeness (QED) is 0.783. The first-order valence-corrected chi connectivity index (χ1v) is 7.73. The lowest BCUT2D eigenvalue weighted by Gasteiger charge is -2.25. The van der Waals surface area contributed by atoms with E-state index in [9.17, 15) is 4.79 Å². The maximum Gasteiger partial charge on any atom is 0.328 e. The van der Waals surface area contributed by atoms with Gasteiger partial charge >= 0.3 is 6.03 Å². The Morgan fingerprint density at radius 3 is 2.83 bits per heavy atom. The highest BCUT2D eigenvalue weighted by atomic mass is 35.5. The van der Waals surface area contributed by atoms with Crippen LogP contribution in [0.3, 0.4) is 0 Å². The molecule has 5 nitrogen and oxygen atoms in total. The van der Waals surface area contributed by atoms with Crippen LogP contribution in [0.15, 0.2) is 36.5 Å². The molecule has 0 N–H and O–H groups in total. The third-order valence-electron chi connectivity index (χ3n) is 4.13. The van der Waals surface area contributed by atoms with Crippen molar-refractivity contribution in [3.05, 3.63) is 47.2 Å². The first-order valence-electron chi connectivity index (χ1n) is 7.36. The lowest BCUT2D eigenvalue weighted by molar-refractivity contribution is 0.252. The maximum atomic E-state index is 12.9. The number of anilines is 2. The van der Waals surface area contributed by atoms with Crippen LogP contribution in [0.4, 0.5) is 16.2 Å². The van der Waals surface area contributed by atoms with Gasteiger partial charge in [-0.25, -0.2) is 9.78 Å². The van der Waals surface area contributed by atoms with Crippen molar-refractivity contribution in [2.24, 2.45) is 0 Å². The third-order valence-corrected chi connectivity index (χ3v) is 4.36. The Morgan fingerprint density at radius 2 is 2.17 bits per heavy atom. The Balaban J connectivity index is 1.91. The smallest absolute Gasteiger partial charge is 0.328 e. The largest absolute Gasteiger partial charge is 0.497 e. The molecule has 0 spiro atoms. The SMILES string of the molecule is COc1ccc2c(c1)N(C(=O)N(C)c1ccc(Cl)nc1)CC2C. The van der Waals surface area contributed by atoms with Crippen LogP contribution >= 0.6 is 11.6 Å². The van der Waals surface area contributed by atoms with Gasteiger partial charge in [-0.2, -0.15) is 0 Å². The van der Waals surface area contributed by atoms with E-state index in [0.717, 1.165) is 17.0 Å². The number of urea groups is 1. The van der Waals surface area contributed by atoms with Crippen LogP contribution in [-0.4, -0.2) is 31.7 Å². The highest BCUT2D eigenvalue weighted by Gasteiger charge is 2.32. The summed E-state index contributed by atoms with van der Waals surface area (Å²) in [6.45, 7) is 2.76. The minimum atomic E-state index is -0.104. The second kappa shape index (κ2) is 6.08. The molecule has 0 fully saturated rings. The number of carbonyl (C=O) groups excluding carboxylic acids is 1. The summed E-state index contributed by atoms with van der Waals surface area (Å²) in [6.07, 6.45) is 1.59. The fourth-order valence-electron chi connectivity index (χ4n) is 2.81. The number of fused-ring (bicyclic) bond motifs is 1.